The number of rotatable bonds is 10. The van der Waals surface area contributed by atoms with Crippen molar-refractivity contribution in [1.29, 1.82) is 0 Å². The minimum absolute atomic E-state index is 0.0194. The Kier molecular flexibility index (Phi) is 12.1. The van der Waals surface area contributed by atoms with E-state index in [-0.39, 0.29) is 28.9 Å². The molecule has 1 heterocycles. The van der Waals surface area contributed by atoms with E-state index in [0.29, 0.717) is 23.1 Å². The largest absolute Gasteiger partial charge is 0.508 e. The molecule has 4 nitrogen and oxygen atoms in total. The van der Waals surface area contributed by atoms with Crippen molar-refractivity contribution in [3.8, 4) is 23.0 Å². The molecule has 0 unspecified atom stereocenters. The fraction of sp³-hybridized carbons (Fsp3) is 0.571. The standard InChI is InChI=1S/2C21H30O2/c1-5-6-7-8-15-12-18(22)20-16-11-14(2)9-10-17(16)21(3,4)23-19(20)13-15;1-5-6-7-8-16-12-19(22)21(20(23)13-16)18-11-15(4)9-10-17(18)14(2)3/h9,12-13,16-17,22H,5-8,10-11H2,1-4H3;11-13,17-18,22-23H,2,5-10H2,1,3-4H3/t16-,17-;17-,18+/m10/s1. The number of aryl methyl sites for hydroxylation is 2. The lowest BCUT2D eigenvalue weighted by molar-refractivity contribution is 0.00752. The molecule has 2 aromatic carbocycles. The topological polar surface area (TPSA) is 69.9 Å². The van der Waals surface area contributed by atoms with Gasteiger partial charge in [0.1, 0.15) is 28.6 Å². The van der Waals surface area contributed by atoms with Crippen molar-refractivity contribution in [3.63, 3.8) is 0 Å². The second-order valence-corrected chi connectivity index (χ2v) is 14.9. The first-order valence-electron chi connectivity index (χ1n) is 17.9. The molecule has 1 aliphatic heterocycles. The Hall–Kier alpha value is -3.14. The summed E-state index contributed by atoms with van der Waals surface area (Å²) in [5.41, 5.74) is 7.61. The first-order valence-corrected chi connectivity index (χ1v) is 17.9. The first kappa shape index (κ1) is 35.7. The van der Waals surface area contributed by atoms with Gasteiger partial charge in [0, 0.05) is 28.9 Å². The molecule has 4 heteroatoms. The molecular formula is C42H60O4. The van der Waals surface area contributed by atoms with Crippen LogP contribution < -0.4 is 4.74 Å². The predicted octanol–water partition coefficient (Wildman–Crippen LogP) is 11.6. The van der Waals surface area contributed by atoms with E-state index in [1.54, 1.807) is 0 Å². The summed E-state index contributed by atoms with van der Waals surface area (Å²) in [5, 5.41) is 31.8. The van der Waals surface area contributed by atoms with Gasteiger partial charge in [-0.1, -0.05) is 75.0 Å². The van der Waals surface area contributed by atoms with Crippen LogP contribution in [0.4, 0.5) is 0 Å². The number of unbranched alkanes of at least 4 members (excludes halogenated alkanes) is 4. The van der Waals surface area contributed by atoms with E-state index < -0.39 is 0 Å². The van der Waals surface area contributed by atoms with Crippen molar-refractivity contribution < 1.29 is 20.1 Å². The van der Waals surface area contributed by atoms with Gasteiger partial charge in [0.2, 0.25) is 0 Å². The Morgan fingerprint density at radius 3 is 1.98 bits per heavy atom. The van der Waals surface area contributed by atoms with E-state index in [2.05, 4.69) is 66.3 Å². The van der Waals surface area contributed by atoms with Crippen molar-refractivity contribution in [2.45, 2.75) is 143 Å². The molecule has 0 spiro atoms. The third-order valence-electron chi connectivity index (χ3n) is 10.6. The van der Waals surface area contributed by atoms with Gasteiger partial charge >= 0.3 is 0 Å². The third-order valence-corrected chi connectivity index (χ3v) is 10.6. The van der Waals surface area contributed by atoms with Gasteiger partial charge in [-0.2, -0.15) is 0 Å². The van der Waals surface area contributed by atoms with Gasteiger partial charge in [-0.05, 0) is 127 Å². The molecule has 4 atom stereocenters. The minimum atomic E-state index is -0.177. The fourth-order valence-electron chi connectivity index (χ4n) is 7.99. The summed E-state index contributed by atoms with van der Waals surface area (Å²) in [4.78, 5) is 0. The van der Waals surface area contributed by atoms with E-state index in [4.69, 9.17) is 4.74 Å². The predicted molar refractivity (Wildman–Crippen MR) is 192 cm³/mol. The fourth-order valence-corrected chi connectivity index (χ4v) is 7.99. The molecule has 46 heavy (non-hydrogen) atoms. The van der Waals surface area contributed by atoms with Gasteiger partial charge in [0.15, 0.2) is 0 Å². The van der Waals surface area contributed by atoms with Crippen LogP contribution in [0, 0.1) is 11.8 Å². The second-order valence-electron chi connectivity index (χ2n) is 14.9. The molecular weight excluding hydrogens is 568 g/mol. The number of hydrogen-bond donors (Lipinski definition) is 3. The van der Waals surface area contributed by atoms with Gasteiger partial charge in [0.25, 0.3) is 0 Å². The normalized spacial score (nSPS) is 23.1. The van der Waals surface area contributed by atoms with Crippen molar-refractivity contribution in [1.82, 2.24) is 0 Å². The third kappa shape index (κ3) is 8.41. The molecule has 2 aromatic rings. The summed E-state index contributed by atoms with van der Waals surface area (Å²) < 4.78 is 6.36. The lowest BCUT2D eigenvalue weighted by Crippen LogP contribution is -2.45. The van der Waals surface area contributed by atoms with Crippen molar-refractivity contribution in [2.24, 2.45) is 11.8 Å². The molecule has 3 aliphatic rings. The van der Waals surface area contributed by atoms with Crippen LogP contribution in [0.3, 0.4) is 0 Å². The average Bonchev–Trinajstić information content (AvgIpc) is 2.96. The summed E-state index contributed by atoms with van der Waals surface area (Å²) in [7, 11) is 0. The maximum absolute atomic E-state index is 10.7. The lowest BCUT2D eigenvalue weighted by Gasteiger charge is -2.47. The summed E-state index contributed by atoms with van der Waals surface area (Å²) in [6.45, 7) is 19.3. The highest BCUT2D eigenvalue weighted by molar-refractivity contribution is 5.53. The lowest BCUT2D eigenvalue weighted by atomic mass is 9.67. The first-order chi connectivity index (χ1) is 21.9. The van der Waals surface area contributed by atoms with E-state index >= 15 is 0 Å². The van der Waals surface area contributed by atoms with Gasteiger partial charge in [-0.25, -0.2) is 0 Å². The van der Waals surface area contributed by atoms with Crippen molar-refractivity contribution >= 4 is 0 Å². The number of phenolic OH excluding ortho intramolecular Hbond substituents is 3. The molecule has 0 aromatic heterocycles. The number of aromatic hydroxyl groups is 3. The molecule has 252 valence electrons. The minimum Gasteiger partial charge on any atom is -0.508 e. The van der Waals surface area contributed by atoms with Gasteiger partial charge < -0.3 is 20.1 Å². The van der Waals surface area contributed by atoms with Gasteiger partial charge in [0.05, 0.1) is 0 Å². The number of phenols is 3. The maximum Gasteiger partial charge on any atom is 0.127 e. The zero-order chi connectivity index (χ0) is 33.6. The average molecular weight is 629 g/mol. The summed E-state index contributed by atoms with van der Waals surface area (Å²) in [6, 6.07) is 7.81. The van der Waals surface area contributed by atoms with Crippen LogP contribution in [0.15, 0.2) is 59.7 Å². The van der Waals surface area contributed by atoms with Crippen LogP contribution in [0.25, 0.3) is 0 Å². The highest BCUT2D eigenvalue weighted by Gasteiger charge is 2.45. The molecule has 0 saturated carbocycles. The quantitative estimate of drug-likeness (QED) is 0.181. The molecule has 0 amide bonds. The summed E-state index contributed by atoms with van der Waals surface area (Å²) in [6.07, 6.45) is 17.7. The number of allylic oxidation sites excluding steroid dienone is 5. The molecule has 5 rings (SSSR count). The summed E-state index contributed by atoms with van der Waals surface area (Å²) >= 11 is 0. The monoisotopic (exact) mass is 628 g/mol. The van der Waals surface area contributed by atoms with Crippen LogP contribution in [0.2, 0.25) is 0 Å². The van der Waals surface area contributed by atoms with Crippen LogP contribution in [-0.2, 0) is 12.8 Å². The highest BCUT2D eigenvalue weighted by atomic mass is 16.5. The smallest absolute Gasteiger partial charge is 0.127 e. The van der Waals surface area contributed by atoms with Crippen LogP contribution in [0.5, 0.6) is 23.0 Å². The van der Waals surface area contributed by atoms with E-state index in [1.807, 2.05) is 25.1 Å². The molecule has 0 bridgehead atoms. The van der Waals surface area contributed by atoms with Crippen LogP contribution in [-0.4, -0.2) is 20.9 Å². The zero-order valence-corrected chi connectivity index (χ0v) is 29.7. The molecule has 0 radical (unpaired) electrons. The Morgan fingerprint density at radius 1 is 0.848 bits per heavy atom. The Morgan fingerprint density at radius 2 is 1.41 bits per heavy atom. The summed E-state index contributed by atoms with van der Waals surface area (Å²) in [5.74, 6) is 2.91. The highest BCUT2D eigenvalue weighted by Crippen LogP contribution is 2.54. The van der Waals surface area contributed by atoms with Gasteiger partial charge in [-0.3, -0.25) is 0 Å². The Balaban J connectivity index is 0.000000209. The zero-order valence-electron chi connectivity index (χ0n) is 29.7. The van der Waals surface area contributed by atoms with Crippen molar-refractivity contribution in [2.75, 3.05) is 0 Å². The second kappa shape index (κ2) is 15.6. The molecule has 0 fully saturated rings. The maximum atomic E-state index is 10.7. The Bertz CT molecular complexity index is 1400. The number of ether oxygens (including phenoxy) is 1. The van der Waals surface area contributed by atoms with Crippen LogP contribution in [0.1, 0.15) is 147 Å². The Labute approximate surface area is 279 Å². The number of hydrogen-bond acceptors (Lipinski definition) is 4. The van der Waals surface area contributed by atoms with Gasteiger partial charge in [-0.15, -0.1) is 0 Å². The molecule has 3 N–H and O–H groups in total. The molecule has 0 saturated heterocycles. The van der Waals surface area contributed by atoms with Crippen molar-refractivity contribution in [3.05, 3.63) is 82.0 Å². The van der Waals surface area contributed by atoms with E-state index in [1.165, 1.54) is 48.8 Å². The number of benzene rings is 2. The molecule has 2 aliphatic carbocycles. The SMILES string of the molecule is C=C(C)[C@@H]1CCC(C)=C[C@H]1c1c(O)cc(CCCCC)cc1O.CCCCCc1cc(O)c2c(c1)OC(C)(C)[C@@H]1CC=C(C)C[C@@H]21. The van der Waals surface area contributed by atoms with E-state index in [9.17, 15) is 15.3 Å². The van der Waals surface area contributed by atoms with E-state index in [0.717, 1.165) is 67.4 Å². The number of fused-ring (bicyclic) bond motifs is 3. The van der Waals surface area contributed by atoms with Crippen LogP contribution >= 0.6 is 0 Å².